The van der Waals surface area contributed by atoms with Crippen LogP contribution in [0, 0.1) is 0 Å². The van der Waals surface area contributed by atoms with Gasteiger partial charge in [0, 0.05) is 6.54 Å². The highest BCUT2D eigenvalue weighted by atomic mass is 19.4. The Morgan fingerprint density at radius 1 is 1.17 bits per heavy atom. The highest BCUT2D eigenvalue weighted by Crippen LogP contribution is 2.20. The number of hydrogen-bond donors (Lipinski definition) is 2. The van der Waals surface area contributed by atoms with Gasteiger partial charge in [-0.2, -0.15) is 13.2 Å². The molecule has 2 N–H and O–H groups in total. The molecule has 0 aromatic heterocycles. The molecule has 124 valence electrons. The van der Waals surface area contributed by atoms with Crippen molar-refractivity contribution in [3.63, 3.8) is 0 Å². The number of amides is 1. The summed E-state index contributed by atoms with van der Waals surface area (Å²) in [6, 6.07) is 13.0. The van der Waals surface area contributed by atoms with Crippen LogP contribution in [0.25, 0.3) is 10.8 Å². The van der Waals surface area contributed by atoms with Gasteiger partial charge in [-0.3, -0.25) is 4.79 Å². The van der Waals surface area contributed by atoms with E-state index in [0.717, 1.165) is 10.8 Å². The first-order valence-electron chi connectivity index (χ1n) is 6.93. The molecule has 0 aliphatic heterocycles. The summed E-state index contributed by atoms with van der Waals surface area (Å²) in [5.74, 6) is -0.714. The van der Waals surface area contributed by atoms with Crippen molar-refractivity contribution in [2.45, 2.75) is 12.3 Å². The zero-order chi connectivity index (χ0) is 16.9. The van der Waals surface area contributed by atoms with Crippen molar-refractivity contribution in [1.29, 1.82) is 0 Å². The van der Waals surface area contributed by atoms with E-state index in [4.69, 9.17) is 0 Å². The Morgan fingerprint density at radius 3 is 2.57 bits per heavy atom. The third-order valence-corrected chi connectivity index (χ3v) is 3.15. The van der Waals surface area contributed by atoms with E-state index in [-0.39, 0.29) is 6.54 Å². The average Bonchev–Trinajstić information content (AvgIpc) is 2.51. The number of benzene rings is 2. The van der Waals surface area contributed by atoms with Crippen molar-refractivity contribution in [2.24, 2.45) is 0 Å². The van der Waals surface area contributed by atoms with Gasteiger partial charge >= 0.3 is 6.18 Å². The number of ether oxygens (including phenoxy) is 1. The van der Waals surface area contributed by atoms with E-state index in [1.54, 1.807) is 12.1 Å². The van der Waals surface area contributed by atoms with Crippen LogP contribution < -0.4 is 5.32 Å². The van der Waals surface area contributed by atoms with Crippen molar-refractivity contribution in [2.75, 3.05) is 19.8 Å². The number of carbonyl (C=O) groups is 1. The predicted molar refractivity (Wildman–Crippen MR) is 78.8 cm³/mol. The lowest BCUT2D eigenvalue weighted by atomic mass is 10.0. The summed E-state index contributed by atoms with van der Waals surface area (Å²) in [4.78, 5) is 11.4. The van der Waals surface area contributed by atoms with Crippen LogP contribution >= 0.6 is 0 Å². The van der Waals surface area contributed by atoms with E-state index in [2.05, 4.69) is 10.1 Å². The Labute approximate surface area is 130 Å². The first-order chi connectivity index (χ1) is 10.8. The first kappa shape index (κ1) is 17.2. The van der Waals surface area contributed by atoms with E-state index in [1.165, 1.54) is 0 Å². The maximum absolute atomic E-state index is 11.9. The number of hydrogen-bond acceptors (Lipinski definition) is 3. The zero-order valence-corrected chi connectivity index (χ0v) is 12.1. The van der Waals surface area contributed by atoms with E-state index in [1.807, 2.05) is 30.3 Å². The molecule has 0 heterocycles. The molecule has 0 bridgehead atoms. The molecule has 1 amide bonds. The van der Waals surface area contributed by atoms with Crippen molar-refractivity contribution in [3.05, 3.63) is 48.0 Å². The van der Waals surface area contributed by atoms with Crippen molar-refractivity contribution >= 4 is 16.7 Å². The topological polar surface area (TPSA) is 58.6 Å². The van der Waals surface area contributed by atoms with Gasteiger partial charge in [0.15, 0.2) is 0 Å². The molecule has 2 aromatic carbocycles. The molecule has 0 saturated heterocycles. The van der Waals surface area contributed by atoms with E-state index >= 15 is 0 Å². The molecule has 0 fully saturated rings. The molecule has 2 aromatic rings. The summed E-state index contributed by atoms with van der Waals surface area (Å²) in [6.45, 7) is -2.29. The largest absolute Gasteiger partial charge is 0.411 e. The lowest BCUT2D eigenvalue weighted by Gasteiger charge is -2.13. The van der Waals surface area contributed by atoms with Crippen LogP contribution in [0.2, 0.25) is 0 Å². The normalized spacial score (nSPS) is 13.0. The van der Waals surface area contributed by atoms with Crippen LogP contribution in [0.4, 0.5) is 13.2 Å². The Balaban J connectivity index is 1.83. The number of nitrogens with one attached hydrogen (secondary N) is 1. The molecule has 1 unspecified atom stereocenters. The van der Waals surface area contributed by atoms with Gasteiger partial charge in [-0.25, -0.2) is 0 Å². The molecular formula is C16H16F3NO3. The highest BCUT2D eigenvalue weighted by Gasteiger charge is 2.27. The van der Waals surface area contributed by atoms with Gasteiger partial charge in [0.25, 0.3) is 0 Å². The second-order valence-corrected chi connectivity index (χ2v) is 5.03. The summed E-state index contributed by atoms with van der Waals surface area (Å²) in [7, 11) is 0. The number of fused-ring (bicyclic) bond motifs is 1. The minimum absolute atomic E-state index is 0.105. The fourth-order valence-corrected chi connectivity index (χ4v) is 2.05. The summed E-state index contributed by atoms with van der Waals surface area (Å²) in [5, 5.41) is 14.4. The van der Waals surface area contributed by atoms with Crippen LogP contribution in [0.3, 0.4) is 0 Å². The monoisotopic (exact) mass is 327 g/mol. The van der Waals surface area contributed by atoms with Crippen molar-refractivity contribution < 1.29 is 27.8 Å². The molecule has 4 nitrogen and oxygen atoms in total. The van der Waals surface area contributed by atoms with Crippen LogP contribution in [-0.2, 0) is 9.53 Å². The standard InChI is InChI=1S/C16H16F3NO3/c17-16(18,19)10-23-9-15(22)20-8-14(21)13-6-5-11-3-1-2-4-12(11)7-13/h1-7,14,21H,8-10H2,(H,20,22). The molecule has 0 spiro atoms. The molecule has 1 atom stereocenters. The minimum atomic E-state index is -4.47. The number of aliphatic hydroxyl groups is 1. The lowest BCUT2D eigenvalue weighted by Crippen LogP contribution is -2.32. The average molecular weight is 327 g/mol. The number of aliphatic hydroxyl groups excluding tert-OH is 1. The fourth-order valence-electron chi connectivity index (χ4n) is 2.05. The van der Waals surface area contributed by atoms with Gasteiger partial charge in [0.2, 0.25) is 5.91 Å². The molecule has 23 heavy (non-hydrogen) atoms. The van der Waals surface area contributed by atoms with Crippen LogP contribution in [0.15, 0.2) is 42.5 Å². The summed E-state index contributed by atoms with van der Waals surface area (Å²) >= 11 is 0. The van der Waals surface area contributed by atoms with Gasteiger partial charge in [0.1, 0.15) is 13.2 Å². The molecular weight excluding hydrogens is 311 g/mol. The minimum Gasteiger partial charge on any atom is -0.387 e. The van der Waals surface area contributed by atoms with Gasteiger partial charge in [0.05, 0.1) is 6.10 Å². The number of alkyl halides is 3. The second kappa shape index (κ2) is 7.43. The fraction of sp³-hybridized carbons (Fsp3) is 0.312. The smallest absolute Gasteiger partial charge is 0.387 e. The molecule has 0 saturated carbocycles. The van der Waals surface area contributed by atoms with E-state index < -0.39 is 31.4 Å². The maximum Gasteiger partial charge on any atom is 0.411 e. The van der Waals surface area contributed by atoms with Gasteiger partial charge in [-0.15, -0.1) is 0 Å². The van der Waals surface area contributed by atoms with Crippen LogP contribution in [-0.4, -0.2) is 36.9 Å². The van der Waals surface area contributed by atoms with Gasteiger partial charge < -0.3 is 15.2 Å². The quantitative estimate of drug-likeness (QED) is 0.857. The Kier molecular flexibility index (Phi) is 5.57. The highest BCUT2D eigenvalue weighted by molar-refractivity contribution is 5.83. The summed E-state index contributed by atoms with van der Waals surface area (Å²) in [5.41, 5.74) is 0.611. The Hall–Kier alpha value is -2.12. The Bertz CT molecular complexity index is 673. The van der Waals surface area contributed by atoms with E-state index in [0.29, 0.717) is 5.56 Å². The third-order valence-electron chi connectivity index (χ3n) is 3.15. The van der Waals surface area contributed by atoms with Gasteiger partial charge in [-0.05, 0) is 22.4 Å². The molecule has 2 rings (SSSR count). The van der Waals surface area contributed by atoms with Gasteiger partial charge in [-0.1, -0.05) is 36.4 Å². The molecule has 0 aliphatic carbocycles. The zero-order valence-electron chi connectivity index (χ0n) is 12.1. The van der Waals surface area contributed by atoms with Crippen molar-refractivity contribution in [1.82, 2.24) is 5.32 Å². The molecule has 7 heteroatoms. The lowest BCUT2D eigenvalue weighted by molar-refractivity contribution is -0.175. The van der Waals surface area contributed by atoms with E-state index in [9.17, 15) is 23.1 Å². The number of rotatable bonds is 6. The third kappa shape index (κ3) is 5.54. The maximum atomic E-state index is 11.9. The molecule has 0 radical (unpaired) electrons. The summed E-state index contributed by atoms with van der Waals surface area (Å²) in [6.07, 6.45) is -5.42. The molecule has 0 aliphatic rings. The SMILES string of the molecule is O=C(COCC(F)(F)F)NCC(O)c1ccc2ccccc2c1. The summed E-state index contributed by atoms with van der Waals surface area (Å²) < 4.78 is 39.9. The number of carbonyl (C=O) groups excluding carboxylic acids is 1. The number of halogens is 3. The second-order valence-electron chi connectivity index (χ2n) is 5.03. The van der Waals surface area contributed by atoms with Crippen LogP contribution in [0.1, 0.15) is 11.7 Å². The van der Waals surface area contributed by atoms with Crippen molar-refractivity contribution in [3.8, 4) is 0 Å². The predicted octanol–water partition coefficient (Wildman–Crippen LogP) is 2.57. The Morgan fingerprint density at radius 2 is 1.87 bits per heavy atom. The first-order valence-corrected chi connectivity index (χ1v) is 6.93. The van der Waals surface area contributed by atoms with Crippen LogP contribution in [0.5, 0.6) is 0 Å².